The zero-order valence-electron chi connectivity index (χ0n) is 17.5. The molecule has 0 saturated carbocycles. The minimum Gasteiger partial charge on any atom is -0.334 e. The third-order valence-corrected chi connectivity index (χ3v) is 6.74. The highest BCUT2D eigenvalue weighted by Gasteiger charge is 2.36. The Hall–Kier alpha value is -3.13. The van der Waals surface area contributed by atoms with Gasteiger partial charge >= 0.3 is 6.03 Å². The normalized spacial score (nSPS) is 16.3. The summed E-state index contributed by atoms with van der Waals surface area (Å²) in [4.78, 5) is 20.4. The number of hydrogen-bond donors (Lipinski definition) is 1. The minimum absolute atomic E-state index is 0.237. The number of benzene rings is 2. The van der Waals surface area contributed by atoms with Crippen LogP contribution in [-0.4, -0.2) is 21.1 Å². The van der Waals surface area contributed by atoms with E-state index in [2.05, 4.69) is 15.5 Å². The van der Waals surface area contributed by atoms with Crippen LogP contribution in [0.3, 0.4) is 0 Å². The van der Waals surface area contributed by atoms with Crippen LogP contribution in [0.25, 0.3) is 16.3 Å². The Morgan fingerprint density at radius 1 is 1.09 bits per heavy atom. The first-order chi connectivity index (χ1) is 16.0. The number of halogens is 2. The number of nitrogens with zero attached hydrogens (tertiary/aromatic N) is 3. The van der Waals surface area contributed by atoms with Gasteiger partial charge in [-0.05, 0) is 53.8 Å². The highest BCUT2D eigenvalue weighted by molar-refractivity contribution is 7.13. The number of carbonyl (C=O) groups excluding carboxylic acids is 1. The van der Waals surface area contributed by atoms with E-state index in [-0.39, 0.29) is 6.03 Å². The number of carbonyl (C=O) groups is 1. The van der Waals surface area contributed by atoms with Crippen LogP contribution in [0.2, 0.25) is 10.0 Å². The highest BCUT2D eigenvalue weighted by atomic mass is 35.5. The number of nitrogens with one attached hydrogen (secondary N) is 1. The standard InChI is InChI=1S/C24H18Cl2N4O2S/c1-14-20(23-28-22(29-32-23)19-9-4-10-33-19)21(16-6-3-8-18(26)12-16)27-24(31)30(14)13-15-5-2-7-17(25)11-15/h2-12,21H,13H2,1H3,(H,27,31). The predicted octanol–water partition coefficient (Wildman–Crippen LogP) is 6.80. The molecule has 1 N–H and O–H groups in total. The average Bonchev–Trinajstić information content (AvgIpc) is 3.48. The smallest absolute Gasteiger partial charge is 0.322 e. The molecule has 0 saturated heterocycles. The topological polar surface area (TPSA) is 71.3 Å². The van der Waals surface area contributed by atoms with E-state index < -0.39 is 6.04 Å². The number of hydrogen-bond acceptors (Lipinski definition) is 5. The molecule has 2 aromatic carbocycles. The molecule has 1 aliphatic rings. The van der Waals surface area contributed by atoms with Gasteiger partial charge in [0.2, 0.25) is 5.82 Å². The maximum absolute atomic E-state index is 13.2. The fraction of sp³-hybridized carbons (Fsp3) is 0.125. The molecule has 5 rings (SSSR count). The summed E-state index contributed by atoms with van der Waals surface area (Å²) in [5, 5.41) is 10.4. The summed E-state index contributed by atoms with van der Waals surface area (Å²) >= 11 is 13.9. The van der Waals surface area contributed by atoms with Crippen molar-refractivity contribution in [3.63, 3.8) is 0 Å². The quantitative estimate of drug-likeness (QED) is 0.329. The molecule has 2 aromatic heterocycles. The van der Waals surface area contributed by atoms with Gasteiger partial charge in [0.15, 0.2) is 0 Å². The van der Waals surface area contributed by atoms with Crippen LogP contribution < -0.4 is 5.32 Å². The summed E-state index contributed by atoms with van der Waals surface area (Å²) in [6.07, 6.45) is 0. The molecule has 0 fully saturated rings. The molecule has 6 nitrogen and oxygen atoms in total. The molecular weight excluding hydrogens is 479 g/mol. The molecule has 0 spiro atoms. The first-order valence-corrected chi connectivity index (χ1v) is 11.8. The fourth-order valence-corrected chi connectivity index (χ4v) is 4.90. The molecule has 166 valence electrons. The fourth-order valence-electron chi connectivity index (χ4n) is 3.84. The summed E-state index contributed by atoms with van der Waals surface area (Å²) in [6.45, 7) is 2.22. The van der Waals surface area contributed by atoms with Gasteiger partial charge in [0, 0.05) is 15.7 Å². The number of thiophene rings is 1. The van der Waals surface area contributed by atoms with Crippen molar-refractivity contribution in [2.45, 2.75) is 19.5 Å². The van der Waals surface area contributed by atoms with Crippen LogP contribution in [0, 0.1) is 0 Å². The van der Waals surface area contributed by atoms with Gasteiger partial charge in [-0.25, -0.2) is 4.79 Å². The molecule has 0 aliphatic carbocycles. The summed E-state index contributed by atoms with van der Waals surface area (Å²) in [5.41, 5.74) is 3.16. The van der Waals surface area contributed by atoms with Crippen molar-refractivity contribution in [2.24, 2.45) is 0 Å². The van der Waals surface area contributed by atoms with E-state index in [1.807, 2.05) is 60.8 Å². The van der Waals surface area contributed by atoms with Crippen molar-refractivity contribution in [3.05, 3.63) is 98.8 Å². The third kappa shape index (κ3) is 4.39. The predicted molar refractivity (Wildman–Crippen MR) is 130 cm³/mol. The molecule has 0 bridgehead atoms. The van der Waals surface area contributed by atoms with Gasteiger partial charge in [0.1, 0.15) is 0 Å². The van der Waals surface area contributed by atoms with Gasteiger partial charge in [-0.3, -0.25) is 4.90 Å². The number of urea groups is 1. The van der Waals surface area contributed by atoms with E-state index in [9.17, 15) is 4.79 Å². The van der Waals surface area contributed by atoms with Gasteiger partial charge in [0.05, 0.1) is 23.0 Å². The third-order valence-electron chi connectivity index (χ3n) is 5.41. The molecule has 0 radical (unpaired) electrons. The van der Waals surface area contributed by atoms with Crippen molar-refractivity contribution < 1.29 is 9.32 Å². The lowest BCUT2D eigenvalue weighted by atomic mass is 9.94. The van der Waals surface area contributed by atoms with Crippen molar-refractivity contribution in [1.82, 2.24) is 20.4 Å². The first kappa shape index (κ1) is 21.7. The van der Waals surface area contributed by atoms with E-state index in [0.717, 1.165) is 16.0 Å². The van der Waals surface area contributed by atoms with E-state index in [1.54, 1.807) is 17.0 Å². The van der Waals surface area contributed by atoms with Crippen LogP contribution in [0.15, 0.2) is 76.3 Å². The molecule has 1 unspecified atom stereocenters. The summed E-state index contributed by atoms with van der Waals surface area (Å²) in [5.74, 6) is 0.848. The Bertz CT molecular complexity index is 1350. The number of allylic oxidation sites excluding steroid dienone is 1. The van der Waals surface area contributed by atoms with Gasteiger partial charge < -0.3 is 9.84 Å². The summed E-state index contributed by atoms with van der Waals surface area (Å²) < 4.78 is 5.69. The van der Waals surface area contributed by atoms with Crippen molar-refractivity contribution >= 4 is 46.1 Å². The average molecular weight is 497 g/mol. The van der Waals surface area contributed by atoms with Gasteiger partial charge in [-0.2, -0.15) is 4.98 Å². The van der Waals surface area contributed by atoms with Crippen LogP contribution in [0.4, 0.5) is 4.79 Å². The lowest BCUT2D eigenvalue weighted by Gasteiger charge is -2.35. The van der Waals surface area contributed by atoms with Crippen LogP contribution >= 0.6 is 34.5 Å². The molecule has 33 heavy (non-hydrogen) atoms. The lowest BCUT2D eigenvalue weighted by Crippen LogP contribution is -2.45. The zero-order valence-corrected chi connectivity index (χ0v) is 19.8. The monoisotopic (exact) mass is 496 g/mol. The zero-order chi connectivity index (χ0) is 22.9. The van der Waals surface area contributed by atoms with Gasteiger partial charge in [-0.1, -0.05) is 58.7 Å². The Morgan fingerprint density at radius 2 is 1.88 bits per heavy atom. The minimum atomic E-state index is -0.497. The first-order valence-electron chi connectivity index (χ1n) is 10.2. The van der Waals surface area contributed by atoms with E-state index in [0.29, 0.717) is 39.6 Å². The Kier molecular flexibility index (Phi) is 5.93. The van der Waals surface area contributed by atoms with E-state index in [1.165, 1.54) is 11.3 Å². The molecule has 9 heteroatoms. The second-order valence-electron chi connectivity index (χ2n) is 7.55. The maximum Gasteiger partial charge on any atom is 0.322 e. The number of aromatic nitrogens is 2. The highest BCUT2D eigenvalue weighted by Crippen LogP contribution is 2.38. The van der Waals surface area contributed by atoms with Gasteiger partial charge in [0.25, 0.3) is 5.89 Å². The number of rotatable bonds is 5. The number of amides is 2. The molecule has 1 atom stereocenters. The SMILES string of the molecule is CC1=C(c2nc(-c3cccs3)no2)C(c2cccc(Cl)c2)NC(=O)N1Cc1cccc(Cl)c1. The molecule has 1 aliphatic heterocycles. The molecule has 4 aromatic rings. The molecular formula is C24H18Cl2N4O2S. The van der Waals surface area contributed by atoms with Crippen molar-refractivity contribution in [3.8, 4) is 10.7 Å². The van der Waals surface area contributed by atoms with E-state index >= 15 is 0 Å². The van der Waals surface area contributed by atoms with Crippen LogP contribution in [0.5, 0.6) is 0 Å². The second-order valence-corrected chi connectivity index (χ2v) is 9.37. The maximum atomic E-state index is 13.2. The summed E-state index contributed by atoms with van der Waals surface area (Å²) in [7, 11) is 0. The van der Waals surface area contributed by atoms with E-state index in [4.69, 9.17) is 27.7 Å². The second kappa shape index (κ2) is 9.02. The Balaban J connectivity index is 1.61. The lowest BCUT2D eigenvalue weighted by molar-refractivity contribution is 0.203. The van der Waals surface area contributed by atoms with Crippen LogP contribution in [-0.2, 0) is 6.54 Å². The summed E-state index contributed by atoms with van der Waals surface area (Å²) in [6, 6.07) is 17.9. The molecule has 3 heterocycles. The Morgan fingerprint density at radius 3 is 2.61 bits per heavy atom. The van der Waals surface area contributed by atoms with Gasteiger partial charge in [-0.15, -0.1) is 11.3 Å². The van der Waals surface area contributed by atoms with Crippen molar-refractivity contribution in [2.75, 3.05) is 0 Å². The van der Waals surface area contributed by atoms with Crippen LogP contribution in [0.1, 0.15) is 30.0 Å². The Labute approximate surface area is 204 Å². The van der Waals surface area contributed by atoms with Crippen molar-refractivity contribution in [1.29, 1.82) is 0 Å². The largest absolute Gasteiger partial charge is 0.334 e. The molecule has 2 amide bonds.